The Bertz CT molecular complexity index is 1380. The zero-order valence-corrected chi connectivity index (χ0v) is 51.5. The van der Waals surface area contributed by atoms with Gasteiger partial charge in [-0.1, -0.05) is 319 Å². The van der Waals surface area contributed by atoms with Crippen molar-refractivity contribution in [3.05, 3.63) is 60.8 Å². The molecule has 0 amide bonds. The van der Waals surface area contributed by atoms with E-state index in [0.29, 0.717) is 19.3 Å². The molecule has 0 aromatic heterocycles. The number of ether oxygens (including phenoxy) is 3. The minimum Gasteiger partial charge on any atom is -0.462 e. The van der Waals surface area contributed by atoms with E-state index in [0.717, 1.165) is 89.9 Å². The lowest BCUT2D eigenvalue weighted by Gasteiger charge is -2.18. The molecule has 448 valence electrons. The number of allylic oxidation sites excluding steroid dienone is 10. The third-order valence-corrected chi connectivity index (χ3v) is 15.0. The van der Waals surface area contributed by atoms with Gasteiger partial charge in [0.25, 0.3) is 0 Å². The van der Waals surface area contributed by atoms with Crippen LogP contribution in [0.5, 0.6) is 0 Å². The predicted octanol–water partition coefficient (Wildman–Crippen LogP) is 23.1. The molecule has 0 aromatic rings. The van der Waals surface area contributed by atoms with Crippen LogP contribution in [-0.2, 0) is 28.6 Å². The number of unbranched alkanes of at least 4 members (excludes halogenated alkanes) is 41. The summed E-state index contributed by atoms with van der Waals surface area (Å²) < 4.78 is 16.9. The lowest BCUT2D eigenvalue weighted by atomic mass is 10.0. The molecule has 6 nitrogen and oxygen atoms in total. The normalized spacial score (nSPS) is 12.4. The van der Waals surface area contributed by atoms with Crippen LogP contribution in [0.3, 0.4) is 0 Å². The Kier molecular flexibility index (Phi) is 63.2. The van der Waals surface area contributed by atoms with Crippen LogP contribution in [-0.4, -0.2) is 37.2 Å². The molecule has 0 saturated carbocycles. The molecule has 0 heterocycles. The fourth-order valence-corrected chi connectivity index (χ4v) is 9.95. The van der Waals surface area contributed by atoms with Crippen molar-refractivity contribution < 1.29 is 28.6 Å². The highest BCUT2D eigenvalue weighted by Gasteiger charge is 2.19. The Morgan fingerprint density at radius 2 is 0.519 bits per heavy atom. The Labute approximate surface area is 479 Å². The van der Waals surface area contributed by atoms with E-state index in [-0.39, 0.29) is 31.1 Å². The van der Waals surface area contributed by atoms with Gasteiger partial charge in [-0.25, -0.2) is 0 Å². The van der Waals surface area contributed by atoms with E-state index in [4.69, 9.17) is 14.2 Å². The van der Waals surface area contributed by atoms with Crippen LogP contribution >= 0.6 is 0 Å². The first-order valence-electron chi connectivity index (χ1n) is 33.8. The molecule has 0 aliphatic heterocycles. The molecule has 0 radical (unpaired) electrons. The fraction of sp³-hybridized carbons (Fsp3) is 0.817. The molecule has 0 bridgehead atoms. The van der Waals surface area contributed by atoms with Crippen LogP contribution in [0.25, 0.3) is 0 Å². The lowest BCUT2D eigenvalue weighted by Crippen LogP contribution is -2.30. The number of esters is 3. The van der Waals surface area contributed by atoms with Crippen LogP contribution in [0.15, 0.2) is 60.8 Å². The summed E-state index contributed by atoms with van der Waals surface area (Å²) in [6.45, 7) is 6.53. The van der Waals surface area contributed by atoms with Crippen molar-refractivity contribution in [3.8, 4) is 0 Å². The Balaban J connectivity index is 4.21. The monoisotopic (exact) mass is 1080 g/mol. The highest BCUT2D eigenvalue weighted by atomic mass is 16.6. The second kappa shape index (κ2) is 65.6. The smallest absolute Gasteiger partial charge is 0.306 e. The zero-order valence-electron chi connectivity index (χ0n) is 51.5. The Morgan fingerprint density at radius 1 is 0.273 bits per heavy atom. The van der Waals surface area contributed by atoms with Gasteiger partial charge in [0, 0.05) is 19.3 Å². The number of carbonyl (C=O) groups excluding carboxylic acids is 3. The summed E-state index contributed by atoms with van der Waals surface area (Å²) in [6.07, 6.45) is 83.9. The number of hydrogen-bond acceptors (Lipinski definition) is 6. The van der Waals surface area contributed by atoms with Crippen molar-refractivity contribution in [1.82, 2.24) is 0 Å². The first-order chi connectivity index (χ1) is 38.0. The van der Waals surface area contributed by atoms with E-state index >= 15 is 0 Å². The van der Waals surface area contributed by atoms with E-state index in [9.17, 15) is 14.4 Å². The summed E-state index contributed by atoms with van der Waals surface area (Å²) in [6, 6.07) is 0. The standard InChI is InChI=1S/C71H128O6/c1-4-7-10-13-16-19-22-24-26-28-30-32-34-35-37-38-40-42-44-46-49-52-55-58-61-64-70(73)76-67-68(66-75-69(72)63-60-57-54-51-48-21-18-15-12-9-6-3)77-71(74)65-62-59-56-53-50-47-45-43-41-39-36-33-31-29-27-25-23-20-17-14-11-8-5-2/h8,11,15,17-18,20,25,27,31,33,68H,4-7,9-10,12-14,16,19,21-24,26,28-30,32,34-67H2,1-3H3/b11-8-,18-15-,20-17-,27-25-,33-31-. The van der Waals surface area contributed by atoms with E-state index in [1.165, 1.54) is 225 Å². The summed E-state index contributed by atoms with van der Waals surface area (Å²) in [5.74, 6) is -0.869. The third kappa shape index (κ3) is 63.8. The molecule has 0 aliphatic rings. The second-order valence-corrected chi connectivity index (χ2v) is 22.7. The summed E-state index contributed by atoms with van der Waals surface area (Å²) >= 11 is 0. The van der Waals surface area contributed by atoms with Gasteiger partial charge >= 0.3 is 17.9 Å². The maximum atomic E-state index is 12.9. The molecule has 1 unspecified atom stereocenters. The molecule has 0 spiro atoms. The number of carbonyl (C=O) groups is 3. The highest BCUT2D eigenvalue weighted by molar-refractivity contribution is 5.71. The Hall–Kier alpha value is -2.89. The van der Waals surface area contributed by atoms with Crippen LogP contribution < -0.4 is 0 Å². The topological polar surface area (TPSA) is 78.9 Å². The summed E-state index contributed by atoms with van der Waals surface area (Å²) in [7, 11) is 0. The molecule has 0 aromatic carbocycles. The molecule has 1 atom stereocenters. The van der Waals surface area contributed by atoms with Gasteiger partial charge in [-0.2, -0.15) is 0 Å². The number of hydrogen-bond donors (Lipinski definition) is 0. The molecule has 6 heteroatoms. The molecule has 0 fully saturated rings. The minimum atomic E-state index is -0.779. The van der Waals surface area contributed by atoms with Gasteiger partial charge in [0.05, 0.1) is 0 Å². The van der Waals surface area contributed by atoms with Crippen molar-refractivity contribution in [1.29, 1.82) is 0 Å². The largest absolute Gasteiger partial charge is 0.462 e. The van der Waals surface area contributed by atoms with Crippen molar-refractivity contribution >= 4 is 17.9 Å². The zero-order chi connectivity index (χ0) is 55.7. The second-order valence-electron chi connectivity index (χ2n) is 22.7. The van der Waals surface area contributed by atoms with Gasteiger partial charge < -0.3 is 14.2 Å². The molecule has 0 aliphatic carbocycles. The molecular formula is C71H128O6. The van der Waals surface area contributed by atoms with Crippen LogP contribution in [0.4, 0.5) is 0 Å². The van der Waals surface area contributed by atoms with Gasteiger partial charge in [-0.05, 0) is 77.0 Å². The highest BCUT2D eigenvalue weighted by Crippen LogP contribution is 2.18. The maximum Gasteiger partial charge on any atom is 0.306 e. The van der Waals surface area contributed by atoms with Crippen molar-refractivity contribution in [2.45, 2.75) is 361 Å². The van der Waals surface area contributed by atoms with Crippen LogP contribution in [0, 0.1) is 0 Å². The van der Waals surface area contributed by atoms with E-state index < -0.39 is 6.10 Å². The molecule has 0 saturated heterocycles. The maximum absolute atomic E-state index is 12.9. The molecule has 0 rings (SSSR count). The van der Waals surface area contributed by atoms with Gasteiger partial charge in [-0.15, -0.1) is 0 Å². The first-order valence-corrected chi connectivity index (χ1v) is 33.8. The van der Waals surface area contributed by atoms with Crippen LogP contribution in [0.1, 0.15) is 355 Å². The van der Waals surface area contributed by atoms with Crippen molar-refractivity contribution in [3.63, 3.8) is 0 Å². The van der Waals surface area contributed by atoms with Gasteiger partial charge in [0.15, 0.2) is 6.10 Å². The molecule has 0 N–H and O–H groups in total. The summed E-state index contributed by atoms with van der Waals surface area (Å²) in [5.41, 5.74) is 0. The van der Waals surface area contributed by atoms with E-state index in [2.05, 4.69) is 81.5 Å². The van der Waals surface area contributed by atoms with Gasteiger partial charge in [-0.3, -0.25) is 14.4 Å². The van der Waals surface area contributed by atoms with Crippen LogP contribution in [0.2, 0.25) is 0 Å². The molecule has 77 heavy (non-hydrogen) atoms. The lowest BCUT2D eigenvalue weighted by molar-refractivity contribution is -0.167. The van der Waals surface area contributed by atoms with Crippen molar-refractivity contribution in [2.75, 3.05) is 13.2 Å². The third-order valence-electron chi connectivity index (χ3n) is 15.0. The van der Waals surface area contributed by atoms with Gasteiger partial charge in [0.2, 0.25) is 0 Å². The molecular weight excluding hydrogens is 949 g/mol. The quantitative estimate of drug-likeness (QED) is 0.0261. The van der Waals surface area contributed by atoms with E-state index in [1.54, 1.807) is 0 Å². The fourth-order valence-electron chi connectivity index (χ4n) is 9.95. The summed E-state index contributed by atoms with van der Waals surface area (Å²) in [4.78, 5) is 38.3. The van der Waals surface area contributed by atoms with E-state index in [1.807, 2.05) is 0 Å². The SMILES string of the molecule is CC/C=C\C/C=C\C/C=C\C/C=C\CCCCCCCCCCCCC(=O)OC(COC(=O)CCCCCCC/C=C\CCCC)COC(=O)CCCCCCCCCCCCCCCCCCCCCCCCCCC. The number of rotatable bonds is 62. The average Bonchev–Trinajstić information content (AvgIpc) is 3.43. The summed E-state index contributed by atoms with van der Waals surface area (Å²) in [5, 5.41) is 0. The van der Waals surface area contributed by atoms with Gasteiger partial charge in [0.1, 0.15) is 13.2 Å². The first kappa shape index (κ1) is 74.1. The van der Waals surface area contributed by atoms with Crippen molar-refractivity contribution in [2.24, 2.45) is 0 Å². The predicted molar refractivity (Wildman–Crippen MR) is 335 cm³/mol. The minimum absolute atomic E-state index is 0.0748. The Morgan fingerprint density at radius 3 is 0.844 bits per heavy atom. The average molecular weight is 1080 g/mol.